The maximum Gasteiger partial charge on any atom is 0.272 e. The van der Waals surface area contributed by atoms with E-state index in [9.17, 15) is 4.79 Å². The van der Waals surface area contributed by atoms with Crippen LogP contribution in [0, 0.1) is 0 Å². The highest BCUT2D eigenvalue weighted by Crippen LogP contribution is 2.20. The number of amides is 1. The highest BCUT2D eigenvalue weighted by atomic mass is 79.9. The first kappa shape index (κ1) is 11.6. The van der Waals surface area contributed by atoms with Crippen molar-refractivity contribution in [1.29, 1.82) is 0 Å². The van der Waals surface area contributed by atoms with Crippen LogP contribution in [0.5, 0.6) is 0 Å². The van der Waals surface area contributed by atoms with Gasteiger partial charge in [0.05, 0.1) is 12.5 Å². The third-order valence-corrected chi connectivity index (χ3v) is 3.85. The molecule has 5 heteroatoms. The number of aromatic nitrogens is 2. The fraction of sp³-hybridized carbons (Fsp3) is 0.636. The molecule has 1 aliphatic rings. The van der Waals surface area contributed by atoms with Crippen LogP contribution in [0.2, 0.25) is 0 Å². The molecule has 0 saturated carbocycles. The largest absolute Gasteiger partial charge is 0.334 e. The summed E-state index contributed by atoms with van der Waals surface area (Å²) in [5, 5.41) is 0.858. The quantitative estimate of drug-likeness (QED) is 0.778. The Bertz CT molecular complexity index is 377. The number of alkyl halides is 1. The normalized spacial score (nSPS) is 21.1. The number of aryl methyl sites for hydroxylation is 1. The van der Waals surface area contributed by atoms with Gasteiger partial charge in [-0.25, -0.2) is 4.98 Å². The van der Waals surface area contributed by atoms with Crippen LogP contribution in [0.4, 0.5) is 0 Å². The average Bonchev–Trinajstić information content (AvgIpc) is 2.74. The third kappa shape index (κ3) is 2.14. The van der Waals surface area contributed by atoms with Gasteiger partial charge in [-0.3, -0.25) is 4.79 Å². The first-order valence-corrected chi connectivity index (χ1v) is 6.69. The van der Waals surface area contributed by atoms with Gasteiger partial charge in [0.2, 0.25) is 0 Å². The molecule has 16 heavy (non-hydrogen) atoms. The first-order valence-electron chi connectivity index (χ1n) is 5.57. The minimum Gasteiger partial charge on any atom is -0.334 e. The molecule has 0 aliphatic carbocycles. The van der Waals surface area contributed by atoms with Crippen LogP contribution < -0.4 is 0 Å². The molecule has 0 N–H and O–H groups in total. The predicted molar refractivity (Wildman–Crippen MR) is 65.7 cm³/mol. The average molecular weight is 286 g/mol. The number of carbonyl (C=O) groups is 1. The van der Waals surface area contributed by atoms with Crippen LogP contribution in [0.1, 0.15) is 29.8 Å². The number of likely N-dealkylation sites (tertiary alicyclic amines) is 1. The second-order valence-corrected chi connectivity index (χ2v) is 4.84. The number of piperidine rings is 1. The van der Waals surface area contributed by atoms with E-state index in [0.717, 1.165) is 24.7 Å². The van der Waals surface area contributed by atoms with Crippen molar-refractivity contribution in [1.82, 2.24) is 14.5 Å². The Balaban J connectivity index is 2.17. The van der Waals surface area contributed by atoms with E-state index in [1.807, 2.05) is 11.9 Å². The maximum atomic E-state index is 12.3. The van der Waals surface area contributed by atoms with Gasteiger partial charge in [0.1, 0.15) is 5.69 Å². The first-order chi connectivity index (χ1) is 7.74. The number of hydrogen-bond donors (Lipinski definition) is 0. The molecule has 88 valence electrons. The number of imidazole rings is 1. The molecule has 4 nitrogen and oxygen atoms in total. The lowest BCUT2D eigenvalue weighted by atomic mass is 10.0. The van der Waals surface area contributed by atoms with Gasteiger partial charge < -0.3 is 9.47 Å². The summed E-state index contributed by atoms with van der Waals surface area (Å²) < 4.78 is 1.78. The fourth-order valence-electron chi connectivity index (χ4n) is 2.14. The molecular formula is C11H16BrN3O. The molecule has 1 amide bonds. The van der Waals surface area contributed by atoms with E-state index in [1.165, 1.54) is 6.42 Å². The summed E-state index contributed by atoms with van der Waals surface area (Å²) >= 11 is 3.49. The zero-order valence-electron chi connectivity index (χ0n) is 9.40. The molecule has 2 rings (SSSR count). The van der Waals surface area contributed by atoms with E-state index in [2.05, 4.69) is 20.9 Å². The Morgan fingerprint density at radius 1 is 1.62 bits per heavy atom. The molecule has 1 atom stereocenters. The summed E-state index contributed by atoms with van der Waals surface area (Å²) in [6.45, 7) is 0.861. The second kappa shape index (κ2) is 4.99. The van der Waals surface area contributed by atoms with Gasteiger partial charge in [-0.2, -0.15) is 0 Å². The van der Waals surface area contributed by atoms with Crippen LogP contribution in [0.25, 0.3) is 0 Å². The SMILES string of the molecule is Cn1cncc1C(=O)N1CCCCC1CBr. The van der Waals surface area contributed by atoms with Crippen molar-refractivity contribution >= 4 is 21.8 Å². The van der Waals surface area contributed by atoms with Crippen LogP contribution >= 0.6 is 15.9 Å². The minimum atomic E-state index is 0.101. The number of rotatable bonds is 2. The van der Waals surface area contributed by atoms with Crippen molar-refractivity contribution < 1.29 is 4.79 Å². The van der Waals surface area contributed by atoms with E-state index >= 15 is 0 Å². The minimum absolute atomic E-state index is 0.101. The number of carbonyl (C=O) groups excluding carboxylic acids is 1. The summed E-state index contributed by atoms with van der Waals surface area (Å²) in [6.07, 6.45) is 6.72. The molecular weight excluding hydrogens is 270 g/mol. The van der Waals surface area contributed by atoms with E-state index in [4.69, 9.17) is 0 Å². The summed E-state index contributed by atoms with van der Waals surface area (Å²) in [5.74, 6) is 0.101. The van der Waals surface area contributed by atoms with E-state index in [0.29, 0.717) is 11.7 Å². The molecule has 1 aromatic heterocycles. The molecule has 0 bridgehead atoms. The summed E-state index contributed by atoms with van der Waals surface area (Å²) in [7, 11) is 1.85. The van der Waals surface area contributed by atoms with E-state index < -0.39 is 0 Å². The van der Waals surface area contributed by atoms with Crippen LogP contribution in [0.3, 0.4) is 0 Å². The lowest BCUT2D eigenvalue weighted by Gasteiger charge is -2.34. The van der Waals surface area contributed by atoms with Crippen LogP contribution in [-0.2, 0) is 7.05 Å². The zero-order chi connectivity index (χ0) is 11.5. The van der Waals surface area contributed by atoms with E-state index in [1.54, 1.807) is 17.1 Å². The Morgan fingerprint density at radius 2 is 2.44 bits per heavy atom. The summed E-state index contributed by atoms with van der Waals surface area (Å²) in [4.78, 5) is 18.3. The molecule has 1 aliphatic heterocycles. The van der Waals surface area contributed by atoms with Gasteiger partial charge in [-0.05, 0) is 19.3 Å². The number of hydrogen-bond acceptors (Lipinski definition) is 2. The molecule has 1 saturated heterocycles. The third-order valence-electron chi connectivity index (χ3n) is 3.10. The number of nitrogens with zero attached hydrogens (tertiary/aromatic N) is 3. The lowest BCUT2D eigenvalue weighted by Crippen LogP contribution is -2.45. The molecule has 0 aromatic carbocycles. The molecule has 0 spiro atoms. The van der Waals surface area contributed by atoms with Crippen molar-refractivity contribution in [3.05, 3.63) is 18.2 Å². The fourth-order valence-corrected chi connectivity index (χ4v) is 2.81. The lowest BCUT2D eigenvalue weighted by molar-refractivity contribution is 0.0632. The van der Waals surface area contributed by atoms with Crippen molar-refractivity contribution in [3.63, 3.8) is 0 Å². The van der Waals surface area contributed by atoms with E-state index in [-0.39, 0.29) is 5.91 Å². The second-order valence-electron chi connectivity index (χ2n) is 4.19. The van der Waals surface area contributed by atoms with Gasteiger partial charge >= 0.3 is 0 Å². The van der Waals surface area contributed by atoms with Gasteiger partial charge in [-0.15, -0.1) is 0 Å². The summed E-state index contributed by atoms with van der Waals surface area (Å²) in [6, 6.07) is 0.330. The van der Waals surface area contributed by atoms with Crippen LogP contribution in [0.15, 0.2) is 12.5 Å². The molecule has 0 radical (unpaired) electrons. The molecule has 2 heterocycles. The van der Waals surface area contributed by atoms with Gasteiger partial charge in [0.15, 0.2) is 0 Å². The Labute approximate surface area is 104 Å². The molecule has 1 fully saturated rings. The Hall–Kier alpha value is -0.840. The standard InChI is InChI=1S/C11H16BrN3O/c1-14-8-13-7-10(14)11(16)15-5-3-2-4-9(15)6-12/h7-9H,2-6H2,1H3. The van der Waals surface area contributed by atoms with Crippen molar-refractivity contribution in [2.45, 2.75) is 25.3 Å². The number of halogens is 1. The zero-order valence-corrected chi connectivity index (χ0v) is 11.0. The van der Waals surface area contributed by atoms with Gasteiger partial charge in [-0.1, -0.05) is 15.9 Å². The summed E-state index contributed by atoms with van der Waals surface area (Å²) in [5.41, 5.74) is 0.674. The van der Waals surface area contributed by atoms with Gasteiger partial charge in [0, 0.05) is 25.0 Å². The van der Waals surface area contributed by atoms with Gasteiger partial charge in [0.25, 0.3) is 5.91 Å². The van der Waals surface area contributed by atoms with Crippen molar-refractivity contribution in [2.75, 3.05) is 11.9 Å². The highest BCUT2D eigenvalue weighted by Gasteiger charge is 2.27. The predicted octanol–water partition coefficient (Wildman–Crippen LogP) is 1.81. The Kier molecular flexibility index (Phi) is 3.63. The molecule has 1 unspecified atom stereocenters. The highest BCUT2D eigenvalue weighted by molar-refractivity contribution is 9.09. The monoisotopic (exact) mass is 285 g/mol. The molecule has 1 aromatic rings. The Morgan fingerprint density at radius 3 is 3.06 bits per heavy atom. The smallest absolute Gasteiger partial charge is 0.272 e. The van der Waals surface area contributed by atoms with Crippen molar-refractivity contribution in [2.24, 2.45) is 7.05 Å². The van der Waals surface area contributed by atoms with Crippen LogP contribution in [-0.4, -0.2) is 38.3 Å². The maximum absolute atomic E-state index is 12.3. The topological polar surface area (TPSA) is 38.1 Å². The van der Waals surface area contributed by atoms with Crippen molar-refractivity contribution in [3.8, 4) is 0 Å².